The second-order valence-electron chi connectivity index (χ2n) is 17.4. The molecule has 8 rings (SSSR count). The molecule has 0 aromatic heterocycles. The average Bonchev–Trinajstić information content (AvgIpc) is 3.34. The van der Waals surface area contributed by atoms with Crippen LogP contribution in [0, 0.1) is 64.1 Å². The molecule has 8 heteroatoms. The minimum atomic E-state index is -0.247. The predicted octanol–water partition coefficient (Wildman–Crippen LogP) is 5.99. The second-order valence-corrected chi connectivity index (χ2v) is 17.4. The molecule has 8 fully saturated rings. The molecule has 4 bridgehead atoms. The van der Waals surface area contributed by atoms with Crippen LogP contribution in [0.2, 0.25) is 0 Å². The number of nitrogens with one attached hydrogen (secondary N) is 1. The zero-order chi connectivity index (χ0) is 31.6. The molecule has 8 nitrogen and oxygen atoms in total. The van der Waals surface area contributed by atoms with Gasteiger partial charge >= 0.3 is 0 Å². The summed E-state index contributed by atoms with van der Waals surface area (Å²) < 4.78 is 17.4. The van der Waals surface area contributed by atoms with Gasteiger partial charge in [-0.2, -0.15) is 0 Å². The van der Waals surface area contributed by atoms with Crippen LogP contribution >= 0.6 is 0 Å². The summed E-state index contributed by atoms with van der Waals surface area (Å²) in [6.07, 6.45) is 14.6. The maximum atomic E-state index is 13.5. The summed E-state index contributed by atoms with van der Waals surface area (Å²) in [7, 11) is 0. The van der Waals surface area contributed by atoms with E-state index < -0.39 is 0 Å². The molecule has 8 aliphatic carbocycles. The lowest BCUT2D eigenvalue weighted by atomic mass is 9.43. The van der Waals surface area contributed by atoms with Crippen LogP contribution in [0.4, 0.5) is 0 Å². The normalized spacial score (nSPS) is 49.9. The summed E-state index contributed by atoms with van der Waals surface area (Å²) in [6.45, 7) is 8.82. The Bertz CT molecular complexity index is 1120. The largest absolute Gasteiger partial charge is 0.465 e. The van der Waals surface area contributed by atoms with Crippen LogP contribution in [0.15, 0.2) is 0 Å². The summed E-state index contributed by atoms with van der Waals surface area (Å²) in [6, 6.07) is 0. The van der Waals surface area contributed by atoms with Gasteiger partial charge in [-0.1, -0.05) is 20.8 Å². The summed E-state index contributed by atoms with van der Waals surface area (Å²) in [5, 5.41) is 3.58. The van der Waals surface area contributed by atoms with Crippen molar-refractivity contribution in [1.82, 2.24) is 5.32 Å². The van der Waals surface area contributed by atoms with E-state index in [1.165, 1.54) is 38.5 Å². The molecule has 11 atom stereocenters. The third-order valence-corrected chi connectivity index (χ3v) is 15.4. The number of hydrogen-bond acceptors (Lipinski definition) is 7. The number of fused-ring (bicyclic) bond motifs is 5. The highest BCUT2D eigenvalue weighted by Crippen LogP contribution is 2.69. The van der Waals surface area contributed by atoms with E-state index >= 15 is 0 Å². The fourth-order valence-corrected chi connectivity index (χ4v) is 13.9. The molecule has 11 unspecified atom stereocenters. The molecule has 8 saturated carbocycles. The highest BCUT2D eigenvalue weighted by Gasteiger charge is 2.67. The minimum Gasteiger partial charge on any atom is -0.465 e. The highest BCUT2D eigenvalue weighted by molar-refractivity contribution is 5.76. The van der Waals surface area contributed by atoms with Gasteiger partial charge in [0.1, 0.15) is 18.3 Å². The van der Waals surface area contributed by atoms with Crippen molar-refractivity contribution in [3.05, 3.63) is 0 Å². The molecular weight excluding hydrogens is 570 g/mol. The molecule has 250 valence electrons. The van der Waals surface area contributed by atoms with Crippen LogP contribution in [0.1, 0.15) is 117 Å². The van der Waals surface area contributed by atoms with Gasteiger partial charge < -0.3 is 19.5 Å². The van der Waals surface area contributed by atoms with Gasteiger partial charge in [-0.05, 0) is 143 Å². The molecule has 0 aromatic rings. The van der Waals surface area contributed by atoms with Crippen LogP contribution in [0.25, 0.3) is 0 Å². The van der Waals surface area contributed by atoms with Crippen molar-refractivity contribution in [2.24, 2.45) is 64.1 Å². The van der Waals surface area contributed by atoms with Crippen molar-refractivity contribution in [3.63, 3.8) is 0 Å². The fraction of sp³-hybridized carbons (Fsp3) is 0.892. The van der Waals surface area contributed by atoms with E-state index in [9.17, 15) is 19.2 Å². The molecule has 0 aromatic carbocycles. The van der Waals surface area contributed by atoms with Gasteiger partial charge in [-0.3, -0.25) is 19.2 Å². The van der Waals surface area contributed by atoms with E-state index in [-0.39, 0.29) is 64.3 Å². The van der Waals surface area contributed by atoms with Crippen LogP contribution in [-0.4, -0.2) is 49.2 Å². The monoisotopic (exact) mass is 625 g/mol. The van der Waals surface area contributed by atoms with E-state index in [0.717, 1.165) is 69.1 Å². The van der Waals surface area contributed by atoms with Gasteiger partial charge in [0.15, 0.2) is 0 Å². The Morgan fingerprint density at radius 3 is 2.13 bits per heavy atom. The number of hydrogen-bond donors (Lipinski definition) is 1. The smallest absolute Gasteiger partial charge is 0.293 e. The lowest BCUT2D eigenvalue weighted by Crippen LogP contribution is -2.63. The number of rotatable bonds is 11. The molecule has 0 saturated heterocycles. The molecular formula is C37H55NO7. The summed E-state index contributed by atoms with van der Waals surface area (Å²) in [5.74, 6) is 4.25. The molecule has 45 heavy (non-hydrogen) atoms. The number of ether oxygens (including phenoxy) is 3. The van der Waals surface area contributed by atoms with Gasteiger partial charge in [0.05, 0.1) is 0 Å². The first-order valence-electron chi connectivity index (χ1n) is 18.2. The fourth-order valence-electron chi connectivity index (χ4n) is 13.9. The number of amides is 1. The zero-order valence-corrected chi connectivity index (χ0v) is 27.6. The third-order valence-electron chi connectivity index (χ3n) is 15.4. The van der Waals surface area contributed by atoms with E-state index in [1.807, 2.05) is 0 Å². The summed E-state index contributed by atoms with van der Waals surface area (Å²) in [5.41, 5.74) is -0.202. The molecule has 8 aliphatic rings. The Kier molecular flexibility index (Phi) is 8.28. The third kappa shape index (κ3) is 5.23. The lowest BCUT2D eigenvalue weighted by molar-refractivity contribution is -0.218. The molecule has 0 aliphatic heterocycles. The maximum absolute atomic E-state index is 13.5. The van der Waals surface area contributed by atoms with Gasteiger partial charge in [-0.15, -0.1) is 0 Å². The summed E-state index contributed by atoms with van der Waals surface area (Å²) >= 11 is 0. The van der Waals surface area contributed by atoms with E-state index in [2.05, 4.69) is 26.1 Å². The van der Waals surface area contributed by atoms with Crippen LogP contribution in [-0.2, 0) is 33.4 Å². The topological polar surface area (TPSA) is 108 Å². The van der Waals surface area contributed by atoms with Crippen molar-refractivity contribution in [1.29, 1.82) is 0 Å². The Hall–Kier alpha value is -2.12. The van der Waals surface area contributed by atoms with Crippen molar-refractivity contribution in [2.75, 3.05) is 0 Å². The van der Waals surface area contributed by atoms with Crippen molar-refractivity contribution in [2.45, 2.75) is 141 Å². The Labute approximate surface area is 268 Å². The Balaban J connectivity index is 1.07. The average molecular weight is 626 g/mol. The minimum absolute atomic E-state index is 0.00102. The van der Waals surface area contributed by atoms with Gasteiger partial charge in [0.25, 0.3) is 19.4 Å². The Morgan fingerprint density at radius 1 is 0.822 bits per heavy atom. The van der Waals surface area contributed by atoms with Crippen molar-refractivity contribution in [3.8, 4) is 0 Å². The second kappa shape index (κ2) is 11.8. The van der Waals surface area contributed by atoms with E-state index in [4.69, 9.17) is 14.2 Å². The maximum Gasteiger partial charge on any atom is 0.293 e. The molecule has 0 radical (unpaired) electrons. The molecule has 0 spiro atoms. The van der Waals surface area contributed by atoms with Crippen molar-refractivity contribution < 1.29 is 33.4 Å². The SMILES string of the molecule is CC(CCC(=O)NC12CC3CC(CC(C3)C1)C2)C1CCC2C3C(OC=O)CC4CC(OC=O)CCC4(C)C3CC(OC=O)C12C. The number of carbonyl (C=O) groups is 4. The van der Waals surface area contributed by atoms with Crippen LogP contribution in [0.3, 0.4) is 0 Å². The molecule has 1 amide bonds. The van der Waals surface area contributed by atoms with E-state index in [1.54, 1.807) is 0 Å². The summed E-state index contributed by atoms with van der Waals surface area (Å²) in [4.78, 5) is 48.4. The first-order valence-corrected chi connectivity index (χ1v) is 18.2. The Morgan fingerprint density at radius 2 is 1.49 bits per heavy atom. The standard InChI is InChI=1S/C37H55NO7/c1-22(4-7-33(42)38-37-16-23-10-24(17-37)12-25(11-23)18-37)28-5-6-29-34-30(15-32(45-21-41)36(28,29)3)35(2)9-8-27(43-19-39)13-26(35)14-31(34)44-20-40/h19-32,34H,4-18H2,1-3H3,(H,38,42). The van der Waals surface area contributed by atoms with Crippen molar-refractivity contribution >= 4 is 25.3 Å². The number of carbonyl (C=O) groups excluding carboxylic acids is 4. The van der Waals surface area contributed by atoms with Gasteiger partial charge in [-0.25, -0.2) is 0 Å². The van der Waals surface area contributed by atoms with E-state index in [0.29, 0.717) is 37.7 Å². The van der Waals surface area contributed by atoms with Crippen LogP contribution in [0.5, 0.6) is 0 Å². The predicted molar refractivity (Wildman–Crippen MR) is 166 cm³/mol. The first kappa shape index (κ1) is 31.5. The lowest BCUT2D eigenvalue weighted by Gasteiger charge is -2.64. The molecule has 0 heterocycles. The molecule has 1 N–H and O–H groups in total. The highest BCUT2D eigenvalue weighted by atomic mass is 16.5. The first-order chi connectivity index (χ1) is 21.6. The van der Waals surface area contributed by atoms with Gasteiger partial charge in [0.2, 0.25) is 5.91 Å². The van der Waals surface area contributed by atoms with Gasteiger partial charge in [0, 0.05) is 23.3 Å². The zero-order valence-electron chi connectivity index (χ0n) is 27.6. The van der Waals surface area contributed by atoms with Crippen LogP contribution < -0.4 is 5.32 Å². The quantitative estimate of drug-likeness (QED) is 0.222.